The molecule has 1 saturated carbocycles. The van der Waals surface area contributed by atoms with Crippen molar-refractivity contribution in [2.75, 3.05) is 6.54 Å². The first-order valence-electron chi connectivity index (χ1n) is 8.02. The SMILES string of the molecule is CC(C)(C)CC(NC(=O)CCNC1CC1)c1ccccc1. The normalized spacial score (nSPS) is 16.5. The summed E-state index contributed by atoms with van der Waals surface area (Å²) >= 11 is 0. The lowest BCUT2D eigenvalue weighted by atomic mass is 9.85. The molecule has 1 unspecified atom stereocenters. The second-order valence-electron chi connectivity index (χ2n) is 7.27. The summed E-state index contributed by atoms with van der Waals surface area (Å²) < 4.78 is 0. The Morgan fingerprint density at radius 2 is 1.90 bits per heavy atom. The van der Waals surface area contributed by atoms with Crippen LogP contribution < -0.4 is 10.6 Å². The van der Waals surface area contributed by atoms with Gasteiger partial charge in [-0.15, -0.1) is 0 Å². The van der Waals surface area contributed by atoms with Crippen LogP contribution in [0, 0.1) is 5.41 Å². The number of nitrogens with one attached hydrogen (secondary N) is 2. The van der Waals surface area contributed by atoms with Crippen LogP contribution in [-0.2, 0) is 4.79 Å². The summed E-state index contributed by atoms with van der Waals surface area (Å²) in [6.45, 7) is 7.42. The average Bonchev–Trinajstić information content (AvgIpc) is 3.21. The summed E-state index contributed by atoms with van der Waals surface area (Å²) in [5, 5.41) is 6.59. The van der Waals surface area contributed by atoms with Gasteiger partial charge in [-0.3, -0.25) is 4.79 Å². The monoisotopic (exact) mass is 288 g/mol. The number of rotatable bonds is 7. The smallest absolute Gasteiger partial charge is 0.221 e. The molecule has 0 saturated heterocycles. The highest BCUT2D eigenvalue weighted by molar-refractivity contribution is 5.76. The summed E-state index contributed by atoms with van der Waals surface area (Å²) in [5.74, 6) is 0.140. The van der Waals surface area contributed by atoms with Crippen LogP contribution in [-0.4, -0.2) is 18.5 Å². The third-order valence-electron chi connectivity index (χ3n) is 3.72. The highest BCUT2D eigenvalue weighted by Gasteiger charge is 2.23. The second-order valence-corrected chi connectivity index (χ2v) is 7.27. The fraction of sp³-hybridized carbons (Fsp3) is 0.611. The van der Waals surface area contributed by atoms with E-state index in [1.165, 1.54) is 18.4 Å². The molecule has 0 radical (unpaired) electrons. The quantitative estimate of drug-likeness (QED) is 0.807. The molecule has 2 N–H and O–H groups in total. The Hall–Kier alpha value is -1.35. The molecule has 0 bridgehead atoms. The van der Waals surface area contributed by atoms with Crippen LogP contribution in [0.5, 0.6) is 0 Å². The van der Waals surface area contributed by atoms with Crippen LogP contribution in [0.4, 0.5) is 0 Å². The zero-order valence-corrected chi connectivity index (χ0v) is 13.5. The van der Waals surface area contributed by atoms with Gasteiger partial charge in [-0.05, 0) is 30.2 Å². The van der Waals surface area contributed by atoms with Crippen molar-refractivity contribution in [1.82, 2.24) is 10.6 Å². The molecular formula is C18H28N2O. The number of hydrogen-bond acceptors (Lipinski definition) is 2. The van der Waals surface area contributed by atoms with E-state index in [2.05, 4.69) is 43.5 Å². The maximum Gasteiger partial charge on any atom is 0.221 e. The van der Waals surface area contributed by atoms with Gasteiger partial charge in [0.25, 0.3) is 0 Å². The third-order valence-corrected chi connectivity index (χ3v) is 3.72. The predicted octanol–water partition coefficient (Wildman–Crippen LogP) is 3.42. The highest BCUT2D eigenvalue weighted by atomic mass is 16.1. The summed E-state index contributed by atoms with van der Waals surface area (Å²) in [6, 6.07) is 11.0. The van der Waals surface area contributed by atoms with Gasteiger partial charge in [0, 0.05) is 19.0 Å². The number of hydrogen-bond donors (Lipinski definition) is 2. The van der Waals surface area contributed by atoms with Crippen molar-refractivity contribution in [1.29, 1.82) is 0 Å². The molecule has 0 aliphatic heterocycles. The lowest BCUT2D eigenvalue weighted by Gasteiger charge is -2.27. The Bertz CT molecular complexity index is 446. The predicted molar refractivity (Wildman–Crippen MR) is 87.0 cm³/mol. The molecule has 0 spiro atoms. The fourth-order valence-electron chi connectivity index (χ4n) is 2.49. The second kappa shape index (κ2) is 7.08. The number of benzene rings is 1. The molecule has 2 rings (SSSR count). The van der Waals surface area contributed by atoms with E-state index in [1.807, 2.05) is 18.2 Å². The Kier molecular flexibility index (Phi) is 5.40. The van der Waals surface area contributed by atoms with Crippen molar-refractivity contribution >= 4 is 5.91 Å². The van der Waals surface area contributed by atoms with Gasteiger partial charge < -0.3 is 10.6 Å². The van der Waals surface area contributed by atoms with Gasteiger partial charge in [-0.25, -0.2) is 0 Å². The molecule has 3 heteroatoms. The van der Waals surface area contributed by atoms with E-state index in [1.54, 1.807) is 0 Å². The zero-order valence-electron chi connectivity index (χ0n) is 13.5. The summed E-state index contributed by atoms with van der Waals surface area (Å²) in [4.78, 5) is 12.2. The number of amides is 1. The minimum absolute atomic E-state index is 0.0969. The van der Waals surface area contributed by atoms with Crippen molar-refractivity contribution in [3.8, 4) is 0 Å². The van der Waals surface area contributed by atoms with Gasteiger partial charge in [0.1, 0.15) is 0 Å². The molecule has 1 aliphatic carbocycles. The van der Waals surface area contributed by atoms with Crippen LogP contribution in [0.2, 0.25) is 0 Å². The van der Waals surface area contributed by atoms with Crippen molar-refractivity contribution in [3.05, 3.63) is 35.9 Å². The molecule has 1 aromatic carbocycles. The molecule has 1 fully saturated rings. The number of carbonyl (C=O) groups excluding carboxylic acids is 1. The summed E-state index contributed by atoms with van der Waals surface area (Å²) in [5.41, 5.74) is 1.37. The first kappa shape index (κ1) is 16.0. The van der Waals surface area contributed by atoms with E-state index >= 15 is 0 Å². The minimum atomic E-state index is 0.0969. The lowest BCUT2D eigenvalue weighted by Crippen LogP contribution is -2.33. The summed E-state index contributed by atoms with van der Waals surface area (Å²) in [6.07, 6.45) is 4.03. The van der Waals surface area contributed by atoms with Crippen molar-refractivity contribution in [3.63, 3.8) is 0 Å². The largest absolute Gasteiger partial charge is 0.349 e. The standard InChI is InChI=1S/C18H28N2O/c1-18(2,3)13-16(14-7-5-4-6-8-14)20-17(21)11-12-19-15-9-10-15/h4-8,15-16,19H,9-13H2,1-3H3,(H,20,21). The van der Waals surface area contributed by atoms with Crippen molar-refractivity contribution in [2.45, 2.75) is 58.5 Å². The van der Waals surface area contributed by atoms with Crippen LogP contribution in [0.1, 0.15) is 58.1 Å². The maximum absolute atomic E-state index is 12.2. The molecular weight excluding hydrogens is 260 g/mol. The highest BCUT2D eigenvalue weighted by Crippen LogP contribution is 2.29. The Morgan fingerprint density at radius 1 is 1.24 bits per heavy atom. The average molecular weight is 288 g/mol. The molecule has 1 aromatic rings. The molecule has 1 atom stereocenters. The first-order chi connectivity index (χ1) is 9.94. The van der Waals surface area contributed by atoms with Gasteiger partial charge in [0.05, 0.1) is 6.04 Å². The van der Waals surface area contributed by atoms with Crippen LogP contribution in [0.15, 0.2) is 30.3 Å². The molecule has 1 aliphatic rings. The van der Waals surface area contributed by atoms with Gasteiger partial charge in [-0.2, -0.15) is 0 Å². The lowest BCUT2D eigenvalue weighted by molar-refractivity contribution is -0.121. The van der Waals surface area contributed by atoms with E-state index in [9.17, 15) is 4.79 Å². The van der Waals surface area contributed by atoms with E-state index in [0.29, 0.717) is 12.5 Å². The van der Waals surface area contributed by atoms with E-state index in [-0.39, 0.29) is 17.4 Å². The summed E-state index contributed by atoms with van der Waals surface area (Å²) in [7, 11) is 0. The minimum Gasteiger partial charge on any atom is -0.349 e. The van der Waals surface area contributed by atoms with Gasteiger partial charge >= 0.3 is 0 Å². The molecule has 116 valence electrons. The van der Waals surface area contributed by atoms with Gasteiger partial charge in [0.2, 0.25) is 5.91 Å². The first-order valence-corrected chi connectivity index (χ1v) is 8.02. The van der Waals surface area contributed by atoms with Gasteiger partial charge in [0.15, 0.2) is 0 Å². The van der Waals surface area contributed by atoms with E-state index < -0.39 is 0 Å². The van der Waals surface area contributed by atoms with E-state index in [4.69, 9.17) is 0 Å². The van der Waals surface area contributed by atoms with Crippen molar-refractivity contribution < 1.29 is 4.79 Å². The van der Waals surface area contributed by atoms with E-state index in [0.717, 1.165) is 13.0 Å². The van der Waals surface area contributed by atoms with Crippen LogP contribution in [0.25, 0.3) is 0 Å². The Labute approximate surface area is 128 Å². The molecule has 0 aromatic heterocycles. The van der Waals surface area contributed by atoms with Crippen molar-refractivity contribution in [2.24, 2.45) is 5.41 Å². The van der Waals surface area contributed by atoms with Crippen LogP contribution in [0.3, 0.4) is 0 Å². The molecule has 21 heavy (non-hydrogen) atoms. The molecule has 0 heterocycles. The zero-order chi connectivity index (χ0) is 15.3. The maximum atomic E-state index is 12.2. The Morgan fingerprint density at radius 3 is 2.48 bits per heavy atom. The topological polar surface area (TPSA) is 41.1 Å². The van der Waals surface area contributed by atoms with Crippen LogP contribution >= 0.6 is 0 Å². The Balaban J connectivity index is 1.89. The molecule has 3 nitrogen and oxygen atoms in total. The van der Waals surface area contributed by atoms with Gasteiger partial charge in [-0.1, -0.05) is 51.1 Å². The third kappa shape index (κ3) is 6.30. The number of carbonyl (C=O) groups is 1. The fourth-order valence-corrected chi connectivity index (χ4v) is 2.49. The molecule has 1 amide bonds.